The molecular formula is C23H26Cl2FN3O2. The monoisotopic (exact) mass is 465 g/mol. The number of aliphatic hydroxyl groups is 1. The quantitative estimate of drug-likeness (QED) is 0.530. The van der Waals surface area contributed by atoms with Crippen LogP contribution in [0, 0.1) is 11.8 Å². The van der Waals surface area contributed by atoms with E-state index in [1.54, 1.807) is 18.2 Å². The predicted molar refractivity (Wildman–Crippen MR) is 121 cm³/mol. The fraction of sp³-hybridized carbons (Fsp3) is 0.435. The molecule has 5 nitrogen and oxygen atoms in total. The summed E-state index contributed by atoms with van der Waals surface area (Å²) in [5.74, 6) is -1.29. The van der Waals surface area contributed by atoms with Gasteiger partial charge in [-0.25, -0.2) is 4.39 Å². The number of aliphatic hydroxyl groups excluding tert-OH is 1. The molecule has 2 heterocycles. The Kier molecular flexibility index (Phi) is 6.30. The molecule has 8 heteroatoms. The Morgan fingerprint density at radius 3 is 2.84 bits per heavy atom. The second-order valence-corrected chi connectivity index (χ2v) is 9.42. The van der Waals surface area contributed by atoms with E-state index in [1.807, 2.05) is 4.90 Å². The Hall–Kier alpha value is -1.70. The molecule has 1 saturated heterocycles. The van der Waals surface area contributed by atoms with E-state index in [0.717, 1.165) is 19.3 Å². The summed E-state index contributed by atoms with van der Waals surface area (Å²) in [6.07, 6.45) is 7.34. The zero-order valence-corrected chi connectivity index (χ0v) is 18.5. The molecule has 1 aromatic rings. The van der Waals surface area contributed by atoms with Gasteiger partial charge < -0.3 is 16.2 Å². The summed E-state index contributed by atoms with van der Waals surface area (Å²) in [6, 6.07) is 3.75. The predicted octanol–water partition coefficient (Wildman–Crippen LogP) is 4.07. The van der Waals surface area contributed by atoms with Gasteiger partial charge in [0, 0.05) is 39.9 Å². The van der Waals surface area contributed by atoms with Gasteiger partial charge in [0.05, 0.1) is 12.5 Å². The summed E-state index contributed by atoms with van der Waals surface area (Å²) in [5, 5.41) is 13.8. The maximum Gasteiger partial charge on any atom is 0.250 e. The molecular weight excluding hydrogens is 440 g/mol. The van der Waals surface area contributed by atoms with Gasteiger partial charge in [0.1, 0.15) is 11.4 Å². The minimum absolute atomic E-state index is 0.257. The lowest BCUT2D eigenvalue weighted by Crippen LogP contribution is -2.53. The van der Waals surface area contributed by atoms with Crippen LogP contribution in [-0.4, -0.2) is 41.1 Å². The molecule has 0 unspecified atom stereocenters. The molecule has 4 N–H and O–H groups in total. The van der Waals surface area contributed by atoms with E-state index in [-0.39, 0.29) is 17.5 Å². The summed E-state index contributed by atoms with van der Waals surface area (Å²) in [5.41, 5.74) is 6.33. The highest BCUT2D eigenvalue weighted by Crippen LogP contribution is 2.55. The minimum Gasteiger partial charge on any atom is -0.395 e. The third-order valence-electron chi connectivity index (χ3n) is 6.61. The molecule has 0 aromatic heterocycles. The number of benzene rings is 1. The lowest BCUT2D eigenvalue weighted by molar-refractivity contribution is -0.129. The maximum absolute atomic E-state index is 15.7. The summed E-state index contributed by atoms with van der Waals surface area (Å²) in [6.45, 7) is 3.82. The number of carbonyl (C=O) groups excluding carboxylic acids is 1. The van der Waals surface area contributed by atoms with Gasteiger partial charge in [-0.3, -0.25) is 9.69 Å². The van der Waals surface area contributed by atoms with E-state index in [9.17, 15) is 9.90 Å². The van der Waals surface area contributed by atoms with Gasteiger partial charge in [-0.2, -0.15) is 0 Å². The Bertz CT molecular complexity index is 962. The van der Waals surface area contributed by atoms with Crippen LogP contribution in [0.4, 0.5) is 10.1 Å². The molecule has 2 aliphatic heterocycles. The highest BCUT2D eigenvalue weighted by atomic mass is 35.5. The van der Waals surface area contributed by atoms with Crippen molar-refractivity contribution < 1.29 is 14.3 Å². The second-order valence-electron chi connectivity index (χ2n) is 8.50. The summed E-state index contributed by atoms with van der Waals surface area (Å²) in [4.78, 5) is 15.5. The lowest BCUT2D eigenvalue weighted by atomic mass is 9.76. The van der Waals surface area contributed by atoms with Crippen molar-refractivity contribution in [3.63, 3.8) is 0 Å². The standard InChI is InChI=1S/C23H26Cl2FN3O2/c1-13(24)3-2-4-17(26)20-21(27)19(12-30)29(10-9-14-5-6-14)23(20)16-8-7-15(25)11-18(16)28-22(23)31/h2-4,7-8,11,14,19-21,30H,1,5-6,9-10,12,27H2,(H,28,31)/b3-2-,17-4-/t19-,20-,21+,23+/m1/s1. The molecule has 31 heavy (non-hydrogen) atoms. The zero-order chi connectivity index (χ0) is 22.3. The van der Waals surface area contributed by atoms with Gasteiger partial charge in [0.2, 0.25) is 5.91 Å². The highest BCUT2D eigenvalue weighted by molar-refractivity contribution is 6.31. The van der Waals surface area contributed by atoms with Gasteiger partial charge in [-0.15, -0.1) is 0 Å². The van der Waals surface area contributed by atoms with Crippen molar-refractivity contribution in [1.29, 1.82) is 0 Å². The molecule has 4 rings (SSSR count). The van der Waals surface area contributed by atoms with Gasteiger partial charge in [-0.05, 0) is 36.6 Å². The van der Waals surface area contributed by atoms with Crippen molar-refractivity contribution in [3.8, 4) is 0 Å². The average Bonchev–Trinajstić information content (AvgIpc) is 3.44. The first-order valence-electron chi connectivity index (χ1n) is 10.4. The molecule has 0 radical (unpaired) electrons. The number of amides is 1. The number of hydrogen-bond acceptors (Lipinski definition) is 4. The number of likely N-dealkylation sites (tertiary alicyclic amines) is 1. The zero-order valence-electron chi connectivity index (χ0n) is 17.0. The SMILES string of the molecule is C=C(Cl)/C=C\C=C(/F)[C@@H]1[C@@H](N)[C@@H](CO)N(CCC2CC2)[C@]12C(=O)Nc1cc(Cl)ccc12. The molecule has 1 aromatic carbocycles. The molecule has 166 valence electrons. The fourth-order valence-electron chi connectivity index (χ4n) is 5.06. The van der Waals surface area contributed by atoms with Crippen molar-refractivity contribution in [2.24, 2.45) is 17.6 Å². The highest BCUT2D eigenvalue weighted by Gasteiger charge is 2.66. The topological polar surface area (TPSA) is 78.6 Å². The van der Waals surface area contributed by atoms with E-state index in [4.69, 9.17) is 28.9 Å². The number of fused-ring (bicyclic) bond motifs is 2. The number of rotatable bonds is 7. The van der Waals surface area contributed by atoms with Crippen molar-refractivity contribution in [1.82, 2.24) is 4.90 Å². The molecule has 1 spiro atoms. The van der Waals surface area contributed by atoms with Crippen LogP contribution in [0.25, 0.3) is 0 Å². The third kappa shape index (κ3) is 3.85. The number of hydrogen-bond donors (Lipinski definition) is 3. The molecule has 3 aliphatic rings. The van der Waals surface area contributed by atoms with Crippen molar-refractivity contribution in [2.45, 2.75) is 36.9 Å². The van der Waals surface area contributed by atoms with Crippen LogP contribution in [-0.2, 0) is 10.3 Å². The number of carbonyl (C=O) groups is 1. The Morgan fingerprint density at radius 2 is 2.19 bits per heavy atom. The molecule has 2 fully saturated rings. The van der Waals surface area contributed by atoms with Crippen LogP contribution in [0.1, 0.15) is 24.8 Å². The second kappa shape index (κ2) is 8.68. The fourth-order valence-corrected chi connectivity index (χ4v) is 5.30. The molecule has 1 amide bonds. The van der Waals surface area contributed by atoms with Crippen molar-refractivity contribution in [2.75, 3.05) is 18.5 Å². The van der Waals surface area contributed by atoms with Crippen molar-refractivity contribution >= 4 is 34.8 Å². The van der Waals surface area contributed by atoms with Crippen LogP contribution < -0.4 is 11.1 Å². The van der Waals surface area contributed by atoms with Crippen LogP contribution in [0.5, 0.6) is 0 Å². The van der Waals surface area contributed by atoms with E-state index in [2.05, 4.69) is 11.9 Å². The van der Waals surface area contributed by atoms with Crippen LogP contribution in [0.15, 0.2) is 53.9 Å². The normalized spacial score (nSPS) is 30.9. The van der Waals surface area contributed by atoms with Gasteiger partial charge in [0.15, 0.2) is 0 Å². The van der Waals surface area contributed by atoms with Gasteiger partial charge in [-0.1, -0.05) is 54.8 Å². The number of nitrogens with zero attached hydrogens (tertiary/aromatic N) is 1. The van der Waals surface area contributed by atoms with E-state index in [1.165, 1.54) is 18.2 Å². The van der Waals surface area contributed by atoms with Crippen LogP contribution in [0.2, 0.25) is 5.02 Å². The first-order valence-corrected chi connectivity index (χ1v) is 11.2. The molecule has 1 aliphatic carbocycles. The van der Waals surface area contributed by atoms with E-state index < -0.39 is 29.4 Å². The number of allylic oxidation sites excluding steroid dienone is 4. The van der Waals surface area contributed by atoms with Crippen LogP contribution >= 0.6 is 23.2 Å². The summed E-state index contributed by atoms with van der Waals surface area (Å²) in [7, 11) is 0. The average molecular weight is 466 g/mol. The maximum atomic E-state index is 15.7. The number of anilines is 1. The largest absolute Gasteiger partial charge is 0.395 e. The first kappa shape index (κ1) is 22.5. The first-order chi connectivity index (χ1) is 14.8. The smallest absolute Gasteiger partial charge is 0.250 e. The summed E-state index contributed by atoms with van der Waals surface area (Å²) >= 11 is 11.9. The van der Waals surface area contributed by atoms with E-state index in [0.29, 0.717) is 28.7 Å². The van der Waals surface area contributed by atoms with Crippen molar-refractivity contribution in [3.05, 3.63) is 64.5 Å². The Balaban J connectivity index is 1.86. The van der Waals surface area contributed by atoms with Gasteiger partial charge >= 0.3 is 0 Å². The Labute approximate surface area is 191 Å². The molecule has 4 atom stereocenters. The molecule has 1 saturated carbocycles. The molecule has 0 bridgehead atoms. The number of nitrogens with two attached hydrogens (primary N) is 1. The van der Waals surface area contributed by atoms with Gasteiger partial charge in [0.25, 0.3) is 0 Å². The number of halogens is 3. The summed E-state index contributed by atoms with van der Waals surface area (Å²) < 4.78 is 15.7. The number of nitrogens with one attached hydrogen (secondary N) is 1. The van der Waals surface area contributed by atoms with E-state index >= 15 is 4.39 Å². The lowest BCUT2D eigenvalue weighted by Gasteiger charge is -2.38. The third-order valence-corrected chi connectivity index (χ3v) is 6.97. The minimum atomic E-state index is -1.37. The van der Waals surface area contributed by atoms with Crippen LogP contribution in [0.3, 0.4) is 0 Å². The Morgan fingerprint density at radius 1 is 1.45 bits per heavy atom.